The fourth-order valence-electron chi connectivity index (χ4n) is 1.30. The van der Waals surface area contributed by atoms with E-state index in [-0.39, 0.29) is 0 Å². The summed E-state index contributed by atoms with van der Waals surface area (Å²) >= 11 is 3.40. The van der Waals surface area contributed by atoms with Gasteiger partial charge in [0.05, 0.1) is 11.9 Å². The quantitative estimate of drug-likeness (QED) is 0.652. The van der Waals surface area contributed by atoms with Gasteiger partial charge in [-0.25, -0.2) is 0 Å². The minimum atomic E-state index is 0.519. The zero-order chi connectivity index (χ0) is 9.97. The normalized spacial score (nSPS) is 17.1. The summed E-state index contributed by atoms with van der Waals surface area (Å²) in [4.78, 5) is 4.39. The molecule has 14 heavy (non-hydrogen) atoms. The Labute approximate surface area is 92.4 Å². The van der Waals surface area contributed by atoms with Gasteiger partial charge < -0.3 is 5.73 Å². The van der Waals surface area contributed by atoms with Crippen LogP contribution in [0.25, 0.3) is 0 Å². The Morgan fingerprint density at radius 1 is 1.36 bits per heavy atom. The van der Waals surface area contributed by atoms with Crippen LogP contribution in [-0.2, 0) is 6.42 Å². The molecule has 1 aromatic carbocycles. The molecule has 0 atom stereocenters. The van der Waals surface area contributed by atoms with Gasteiger partial charge in [-0.1, -0.05) is 28.1 Å². The first kappa shape index (κ1) is 9.71. The summed E-state index contributed by atoms with van der Waals surface area (Å²) in [5.41, 5.74) is 7.04. The second-order valence-corrected chi connectivity index (χ2v) is 4.57. The molecule has 1 aliphatic rings. The molecular formula is C11H13BrN2. The Bertz CT molecular complexity index is 339. The van der Waals surface area contributed by atoms with Crippen molar-refractivity contribution in [1.29, 1.82) is 0 Å². The first-order valence-corrected chi connectivity index (χ1v) is 5.60. The summed E-state index contributed by atoms with van der Waals surface area (Å²) < 4.78 is 1.10. The predicted molar refractivity (Wildman–Crippen MR) is 62.5 cm³/mol. The van der Waals surface area contributed by atoms with Crippen LogP contribution >= 0.6 is 15.9 Å². The first-order valence-electron chi connectivity index (χ1n) is 4.80. The summed E-state index contributed by atoms with van der Waals surface area (Å²) in [5.74, 6) is 0.759. The highest BCUT2D eigenvalue weighted by Crippen LogP contribution is 2.23. The van der Waals surface area contributed by atoms with E-state index >= 15 is 0 Å². The summed E-state index contributed by atoms with van der Waals surface area (Å²) in [6.45, 7) is 0. The van der Waals surface area contributed by atoms with E-state index in [4.69, 9.17) is 5.73 Å². The van der Waals surface area contributed by atoms with Gasteiger partial charge in [0, 0.05) is 10.9 Å². The number of rotatable bonds is 3. The number of hydrogen-bond acceptors (Lipinski definition) is 1. The molecular weight excluding hydrogens is 240 g/mol. The van der Waals surface area contributed by atoms with Crippen molar-refractivity contribution < 1.29 is 0 Å². The van der Waals surface area contributed by atoms with Crippen molar-refractivity contribution in [3.8, 4) is 0 Å². The fourth-order valence-corrected chi connectivity index (χ4v) is 1.56. The van der Waals surface area contributed by atoms with Gasteiger partial charge in [0.1, 0.15) is 0 Å². The van der Waals surface area contributed by atoms with E-state index in [0.717, 1.165) is 16.7 Å². The Morgan fingerprint density at radius 3 is 2.57 bits per heavy atom. The average Bonchev–Trinajstić information content (AvgIpc) is 2.93. The summed E-state index contributed by atoms with van der Waals surface area (Å²) in [6, 6.07) is 8.71. The number of nitrogens with two attached hydrogens (primary N) is 1. The van der Waals surface area contributed by atoms with Gasteiger partial charge in [-0.3, -0.25) is 4.99 Å². The topological polar surface area (TPSA) is 38.4 Å². The molecule has 0 aliphatic heterocycles. The Hall–Kier alpha value is -0.830. The largest absolute Gasteiger partial charge is 0.387 e. The van der Waals surface area contributed by atoms with E-state index in [9.17, 15) is 0 Å². The SMILES string of the molecule is NC(Cc1ccc(Br)cc1)=NC1CC1. The highest BCUT2D eigenvalue weighted by atomic mass is 79.9. The Balaban J connectivity index is 1.99. The second kappa shape index (κ2) is 4.13. The molecule has 0 aromatic heterocycles. The third-order valence-corrected chi connectivity index (χ3v) is 2.72. The number of hydrogen-bond donors (Lipinski definition) is 1. The van der Waals surface area contributed by atoms with Crippen LogP contribution in [0, 0.1) is 0 Å². The number of aliphatic imine (C=N–C) groups is 1. The number of halogens is 1. The molecule has 1 saturated carbocycles. The maximum absolute atomic E-state index is 5.82. The molecule has 1 fully saturated rings. The highest BCUT2D eigenvalue weighted by Gasteiger charge is 2.20. The third-order valence-electron chi connectivity index (χ3n) is 2.19. The third kappa shape index (κ3) is 2.84. The molecule has 2 N–H and O–H groups in total. The Kier molecular flexibility index (Phi) is 2.87. The molecule has 0 bridgehead atoms. The second-order valence-electron chi connectivity index (χ2n) is 3.65. The fraction of sp³-hybridized carbons (Fsp3) is 0.364. The van der Waals surface area contributed by atoms with Gasteiger partial charge in [0.25, 0.3) is 0 Å². The van der Waals surface area contributed by atoms with Crippen LogP contribution in [0.1, 0.15) is 18.4 Å². The van der Waals surface area contributed by atoms with Crippen molar-refractivity contribution in [3.63, 3.8) is 0 Å². The lowest BCUT2D eigenvalue weighted by atomic mass is 10.1. The van der Waals surface area contributed by atoms with Gasteiger partial charge in [-0.15, -0.1) is 0 Å². The average molecular weight is 253 g/mol. The molecule has 3 heteroatoms. The van der Waals surface area contributed by atoms with Gasteiger partial charge in [-0.2, -0.15) is 0 Å². The van der Waals surface area contributed by atoms with E-state index in [1.54, 1.807) is 0 Å². The highest BCUT2D eigenvalue weighted by molar-refractivity contribution is 9.10. The van der Waals surface area contributed by atoms with Gasteiger partial charge in [-0.05, 0) is 30.5 Å². The lowest BCUT2D eigenvalue weighted by Crippen LogP contribution is -2.15. The molecule has 0 heterocycles. The van der Waals surface area contributed by atoms with E-state index in [0.29, 0.717) is 6.04 Å². The van der Waals surface area contributed by atoms with Crippen molar-refractivity contribution in [2.75, 3.05) is 0 Å². The molecule has 0 radical (unpaired) electrons. The van der Waals surface area contributed by atoms with Crippen LogP contribution in [0.5, 0.6) is 0 Å². The molecule has 0 amide bonds. The van der Waals surface area contributed by atoms with E-state index in [1.807, 2.05) is 12.1 Å². The van der Waals surface area contributed by atoms with Gasteiger partial charge >= 0.3 is 0 Å². The van der Waals surface area contributed by atoms with Crippen molar-refractivity contribution in [3.05, 3.63) is 34.3 Å². The molecule has 0 saturated heterocycles. The van der Waals surface area contributed by atoms with Gasteiger partial charge in [0.15, 0.2) is 0 Å². The van der Waals surface area contributed by atoms with Crippen LogP contribution < -0.4 is 5.73 Å². The maximum atomic E-state index is 5.82. The predicted octanol–water partition coefficient (Wildman–Crippen LogP) is 2.51. The minimum absolute atomic E-state index is 0.519. The number of amidine groups is 1. The van der Waals surface area contributed by atoms with Crippen LogP contribution in [0.3, 0.4) is 0 Å². The summed E-state index contributed by atoms with van der Waals surface area (Å²) in [7, 11) is 0. The monoisotopic (exact) mass is 252 g/mol. The lowest BCUT2D eigenvalue weighted by molar-refractivity contribution is 1.04. The van der Waals surface area contributed by atoms with Crippen molar-refractivity contribution in [1.82, 2.24) is 0 Å². The molecule has 2 rings (SSSR count). The molecule has 2 nitrogen and oxygen atoms in total. The van der Waals surface area contributed by atoms with Gasteiger partial charge in [0.2, 0.25) is 0 Å². The zero-order valence-corrected chi connectivity index (χ0v) is 9.50. The van der Waals surface area contributed by atoms with Crippen molar-refractivity contribution in [2.45, 2.75) is 25.3 Å². The minimum Gasteiger partial charge on any atom is -0.387 e. The van der Waals surface area contributed by atoms with E-state index in [2.05, 4.69) is 33.1 Å². The molecule has 1 aromatic rings. The number of benzene rings is 1. The van der Waals surface area contributed by atoms with Crippen LogP contribution in [-0.4, -0.2) is 11.9 Å². The van der Waals surface area contributed by atoms with Crippen molar-refractivity contribution in [2.24, 2.45) is 10.7 Å². The number of nitrogens with zero attached hydrogens (tertiary/aromatic N) is 1. The van der Waals surface area contributed by atoms with E-state index < -0.39 is 0 Å². The van der Waals surface area contributed by atoms with Crippen LogP contribution in [0.15, 0.2) is 33.7 Å². The Morgan fingerprint density at radius 2 is 2.00 bits per heavy atom. The van der Waals surface area contributed by atoms with Crippen LogP contribution in [0.4, 0.5) is 0 Å². The molecule has 0 unspecified atom stereocenters. The lowest BCUT2D eigenvalue weighted by Gasteiger charge is -2.01. The maximum Gasteiger partial charge on any atom is 0.0984 e. The van der Waals surface area contributed by atoms with Crippen LogP contribution in [0.2, 0.25) is 0 Å². The zero-order valence-electron chi connectivity index (χ0n) is 7.91. The first-order chi connectivity index (χ1) is 6.74. The summed E-state index contributed by atoms with van der Waals surface area (Å²) in [5, 5.41) is 0. The summed E-state index contributed by atoms with van der Waals surface area (Å²) in [6.07, 6.45) is 3.19. The standard InChI is InChI=1S/C11H13BrN2/c12-9-3-1-8(2-4-9)7-11(13)14-10-5-6-10/h1-4,10H,5-7H2,(H2,13,14). The van der Waals surface area contributed by atoms with Crippen molar-refractivity contribution >= 4 is 21.8 Å². The molecule has 0 spiro atoms. The smallest absolute Gasteiger partial charge is 0.0984 e. The molecule has 1 aliphatic carbocycles. The molecule has 74 valence electrons. The van der Waals surface area contributed by atoms with E-state index in [1.165, 1.54) is 18.4 Å².